The Morgan fingerprint density at radius 2 is 2.12 bits per heavy atom. The van der Waals surface area contributed by atoms with E-state index in [9.17, 15) is 5.11 Å². The van der Waals surface area contributed by atoms with E-state index in [-0.39, 0.29) is 11.5 Å². The second-order valence-electron chi connectivity index (χ2n) is 5.19. The molecule has 0 saturated heterocycles. The zero-order valence-electron chi connectivity index (χ0n) is 11.2. The van der Waals surface area contributed by atoms with Gasteiger partial charge in [-0.15, -0.1) is 0 Å². The number of hydrogen-bond acceptors (Lipinski definition) is 3. The number of pyridine rings is 1. The van der Waals surface area contributed by atoms with Crippen LogP contribution in [0.1, 0.15) is 46.1 Å². The van der Waals surface area contributed by atoms with Gasteiger partial charge < -0.3 is 9.84 Å². The minimum Gasteiger partial charge on any atom is -0.492 e. The quantitative estimate of drug-likeness (QED) is 0.827. The zero-order chi connectivity index (χ0) is 12.9. The number of aliphatic hydroxyl groups is 1. The molecule has 3 heteroatoms. The zero-order valence-corrected chi connectivity index (χ0v) is 11.2. The molecule has 1 heterocycles. The normalized spacial score (nSPS) is 13.5. The van der Waals surface area contributed by atoms with Gasteiger partial charge in [-0.3, -0.25) is 4.98 Å². The van der Waals surface area contributed by atoms with Crippen molar-refractivity contribution in [3.05, 3.63) is 24.0 Å². The Morgan fingerprint density at radius 1 is 1.41 bits per heavy atom. The van der Waals surface area contributed by atoms with Gasteiger partial charge >= 0.3 is 0 Å². The summed E-state index contributed by atoms with van der Waals surface area (Å²) in [5.74, 6) is 0.808. The van der Waals surface area contributed by atoms with Crippen molar-refractivity contribution < 1.29 is 9.84 Å². The van der Waals surface area contributed by atoms with Gasteiger partial charge in [0.25, 0.3) is 0 Å². The van der Waals surface area contributed by atoms with Crippen LogP contribution in [0, 0.1) is 0 Å². The van der Waals surface area contributed by atoms with Crippen molar-refractivity contribution in [2.24, 2.45) is 0 Å². The SMILES string of the molecule is CCCOc1cncc(C(C)(C)CC(C)O)c1. The highest BCUT2D eigenvalue weighted by atomic mass is 16.5. The smallest absolute Gasteiger partial charge is 0.137 e. The summed E-state index contributed by atoms with van der Waals surface area (Å²) in [4.78, 5) is 4.20. The lowest BCUT2D eigenvalue weighted by molar-refractivity contribution is 0.156. The molecule has 3 nitrogen and oxygen atoms in total. The summed E-state index contributed by atoms with van der Waals surface area (Å²) >= 11 is 0. The van der Waals surface area contributed by atoms with Crippen LogP contribution in [0.2, 0.25) is 0 Å². The van der Waals surface area contributed by atoms with E-state index in [1.54, 1.807) is 6.20 Å². The van der Waals surface area contributed by atoms with Crippen LogP contribution < -0.4 is 4.74 Å². The molecule has 0 aromatic carbocycles. The lowest BCUT2D eigenvalue weighted by atomic mass is 9.81. The van der Waals surface area contributed by atoms with Crippen LogP contribution in [0.4, 0.5) is 0 Å². The first kappa shape index (κ1) is 14.0. The number of rotatable bonds is 6. The molecule has 0 aliphatic carbocycles. The Kier molecular flexibility index (Phi) is 4.94. The maximum atomic E-state index is 9.51. The monoisotopic (exact) mass is 237 g/mol. The molecular formula is C14H23NO2. The summed E-state index contributed by atoms with van der Waals surface area (Å²) in [6, 6.07) is 2.02. The van der Waals surface area contributed by atoms with E-state index < -0.39 is 0 Å². The first-order valence-electron chi connectivity index (χ1n) is 6.22. The summed E-state index contributed by atoms with van der Waals surface area (Å²) in [7, 11) is 0. The lowest BCUT2D eigenvalue weighted by Gasteiger charge is -2.26. The van der Waals surface area contributed by atoms with Crippen LogP contribution in [0.25, 0.3) is 0 Å². The first-order valence-corrected chi connectivity index (χ1v) is 6.22. The van der Waals surface area contributed by atoms with Crippen LogP contribution in [0.5, 0.6) is 5.75 Å². The van der Waals surface area contributed by atoms with Crippen LogP contribution in [-0.2, 0) is 5.41 Å². The second-order valence-corrected chi connectivity index (χ2v) is 5.19. The fourth-order valence-electron chi connectivity index (χ4n) is 1.94. The van der Waals surface area contributed by atoms with Gasteiger partial charge in [-0.25, -0.2) is 0 Å². The molecule has 0 saturated carbocycles. The van der Waals surface area contributed by atoms with Crippen molar-refractivity contribution >= 4 is 0 Å². The molecule has 0 amide bonds. The largest absolute Gasteiger partial charge is 0.492 e. The van der Waals surface area contributed by atoms with Crippen molar-refractivity contribution in [3.8, 4) is 5.75 Å². The summed E-state index contributed by atoms with van der Waals surface area (Å²) in [5.41, 5.74) is 1.01. The minimum absolute atomic E-state index is 0.0905. The molecule has 1 atom stereocenters. The number of hydrogen-bond donors (Lipinski definition) is 1. The molecule has 0 fully saturated rings. The van der Waals surface area contributed by atoms with E-state index in [1.165, 1.54) is 0 Å². The summed E-state index contributed by atoms with van der Waals surface area (Å²) in [6.45, 7) is 8.82. The molecule has 1 rings (SSSR count). The van der Waals surface area contributed by atoms with Crippen molar-refractivity contribution in [2.45, 2.75) is 52.1 Å². The van der Waals surface area contributed by atoms with E-state index in [4.69, 9.17) is 4.74 Å². The fourth-order valence-corrected chi connectivity index (χ4v) is 1.94. The van der Waals surface area contributed by atoms with Gasteiger partial charge in [-0.05, 0) is 36.8 Å². The first-order chi connectivity index (χ1) is 7.95. The Balaban J connectivity index is 2.82. The highest BCUT2D eigenvalue weighted by Crippen LogP contribution is 2.29. The third-order valence-electron chi connectivity index (χ3n) is 2.77. The minimum atomic E-state index is -0.315. The third-order valence-corrected chi connectivity index (χ3v) is 2.77. The van der Waals surface area contributed by atoms with Crippen LogP contribution in [-0.4, -0.2) is 22.8 Å². The number of aliphatic hydroxyl groups excluding tert-OH is 1. The highest BCUT2D eigenvalue weighted by Gasteiger charge is 2.23. The maximum Gasteiger partial charge on any atom is 0.137 e. The Morgan fingerprint density at radius 3 is 2.71 bits per heavy atom. The highest BCUT2D eigenvalue weighted by molar-refractivity contribution is 5.29. The number of ether oxygens (including phenoxy) is 1. The van der Waals surface area contributed by atoms with Crippen molar-refractivity contribution in [1.82, 2.24) is 4.98 Å². The van der Waals surface area contributed by atoms with E-state index in [2.05, 4.69) is 25.8 Å². The molecule has 0 spiro atoms. The molecule has 1 aromatic rings. The molecule has 1 N–H and O–H groups in total. The maximum absolute atomic E-state index is 9.51. The van der Waals surface area contributed by atoms with Gasteiger partial charge in [0.05, 0.1) is 18.9 Å². The summed E-state index contributed by atoms with van der Waals surface area (Å²) in [6.07, 6.45) is 4.97. The number of nitrogens with zero attached hydrogens (tertiary/aromatic N) is 1. The molecular weight excluding hydrogens is 214 g/mol. The molecule has 17 heavy (non-hydrogen) atoms. The topological polar surface area (TPSA) is 42.4 Å². The third kappa shape index (κ3) is 4.35. The van der Waals surface area contributed by atoms with Crippen molar-refractivity contribution in [1.29, 1.82) is 0 Å². The van der Waals surface area contributed by atoms with Crippen molar-refractivity contribution in [3.63, 3.8) is 0 Å². The van der Waals surface area contributed by atoms with Gasteiger partial charge in [0, 0.05) is 6.20 Å². The van der Waals surface area contributed by atoms with Gasteiger partial charge in [0.2, 0.25) is 0 Å². The van der Waals surface area contributed by atoms with Crippen LogP contribution in [0.15, 0.2) is 18.5 Å². The number of aromatic nitrogens is 1. The van der Waals surface area contributed by atoms with Gasteiger partial charge in [0.1, 0.15) is 5.75 Å². The lowest BCUT2D eigenvalue weighted by Crippen LogP contribution is -2.23. The van der Waals surface area contributed by atoms with Crippen molar-refractivity contribution in [2.75, 3.05) is 6.61 Å². The molecule has 0 bridgehead atoms. The molecule has 0 aliphatic heterocycles. The van der Waals surface area contributed by atoms with E-state index in [0.717, 1.165) is 17.7 Å². The molecule has 0 aliphatic rings. The average molecular weight is 237 g/mol. The van der Waals surface area contributed by atoms with Gasteiger partial charge in [-0.2, -0.15) is 0 Å². The van der Waals surface area contributed by atoms with Gasteiger partial charge in [-0.1, -0.05) is 20.8 Å². The standard InChI is InChI=1S/C14H23NO2/c1-5-6-17-13-7-12(9-15-10-13)14(3,4)8-11(2)16/h7,9-11,16H,5-6,8H2,1-4H3. The predicted molar refractivity (Wildman–Crippen MR) is 69.3 cm³/mol. The Bertz CT molecular complexity index is 348. The second kappa shape index (κ2) is 6.01. The predicted octanol–water partition coefficient (Wildman–Crippen LogP) is 2.92. The summed E-state index contributed by atoms with van der Waals surface area (Å²) in [5, 5.41) is 9.51. The molecule has 1 aromatic heterocycles. The molecule has 1 unspecified atom stereocenters. The van der Waals surface area contributed by atoms with Crippen LogP contribution in [0.3, 0.4) is 0 Å². The van der Waals surface area contributed by atoms with E-state index in [0.29, 0.717) is 13.0 Å². The Labute approximate surface area is 104 Å². The molecule has 96 valence electrons. The summed E-state index contributed by atoms with van der Waals surface area (Å²) < 4.78 is 5.57. The van der Waals surface area contributed by atoms with Crippen LogP contribution >= 0.6 is 0 Å². The van der Waals surface area contributed by atoms with E-state index >= 15 is 0 Å². The van der Waals surface area contributed by atoms with Gasteiger partial charge in [0.15, 0.2) is 0 Å². The fraction of sp³-hybridized carbons (Fsp3) is 0.643. The van der Waals surface area contributed by atoms with E-state index in [1.807, 2.05) is 19.2 Å². The Hall–Kier alpha value is -1.09. The molecule has 0 radical (unpaired) electrons. The average Bonchev–Trinajstić information content (AvgIpc) is 2.25.